The van der Waals surface area contributed by atoms with Gasteiger partial charge in [0.25, 0.3) is 11.6 Å². The number of nitro groups is 1. The zero-order valence-electron chi connectivity index (χ0n) is 16.1. The van der Waals surface area contributed by atoms with E-state index in [1.54, 1.807) is 12.1 Å². The number of nitrogens with zero attached hydrogens (tertiary/aromatic N) is 2. The molecule has 1 N–H and O–H groups in total. The number of rotatable bonds is 6. The van der Waals surface area contributed by atoms with Crippen molar-refractivity contribution in [2.75, 3.05) is 25.1 Å². The third kappa shape index (κ3) is 4.58. The van der Waals surface area contributed by atoms with Crippen LogP contribution in [0.5, 0.6) is 0 Å². The maximum Gasteiger partial charge on any atom is 0.293 e. The zero-order valence-corrected chi connectivity index (χ0v) is 16.1. The van der Waals surface area contributed by atoms with Crippen LogP contribution in [0.2, 0.25) is 0 Å². The van der Waals surface area contributed by atoms with E-state index in [2.05, 4.69) is 17.1 Å². The van der Waals surface area contributed by atoms with Gasteiger partial charge in [0.05, 0.1) is 11.0 Å². The number of nitrogens with one attached hydrogen (secondary N) is 1. The van der Waals surface area contributed by atoms with E-state index in [0.717, 1.165) is 45.1 Å². The van der Waals surface area contributed by atoms with Gasteiger partial charge in [-0.25, -0.2) is 0 Å². The number of amides is 1. The molecule has 1 saturated carbocycles. The van der Waals surface area contributed by atoms with Crippen LogP contribution in [0.25, 0.3) is 0 Å². The lowest BCUT2D eigenvalue weighted by atomic mass is 9.86. The first-order valence-electron chi connectivity index (χ1n) is 9.88. The smallest absolute Gasteiger partial charge is 0.293 e. The number of benzene rings is 1. The van der Waals surface area contributed by atoms with Crippen LogP contribution < -0.4 is 10.2 Å². The molecular weight excluding hydrogens is 346 g/mol. The second-order valence-corrected chi connectivity index (χ2v) is 7.74. The van der Waals surface area contributed by atoms with Crippen molar-refractivity contribution < 1.29 is 14.5 Å². The van der Waals surface area contributed by atoms with Crippen LogP contribution in [0.3, 0.4) is 0 Å². The summed E-state index contributed by atoms with van der Waals surface area (Å²) in [5.74, 6) is 0.387. The molecule has 1 unspecified atom stereocenters. The SMILES string of the molecule is CNC(=O)c1ccc(N(CC2CCCO2)C2CCC(C)CC2)c([N+](=O)[O-])c1. The van der Waals surface area contributed by atoms with Crippen molar-refractivity contribution in [3.8, 4) is 0 Å². The largest absolute Gasteiger partial charge is 0.376 e. The maximum atomic E-state index is 11.9. The molecule has 7 nitrogen and oxygen atoms in total. The Morgan fingerprint density at radius 2 is 2.04 bits per heavy atom. The lowest BCUT2D eigenvalue weighted by molar-refractivity contribution is -0.384. The first-order chi connectivity index (χ1) is 13.0. The van der Waals surface area contributed by atoms with Crippen molar-refractivity contribution in [2.24, 2.45) is 5.92 Å². The summed E-state index contributed by atoms with van der Waals surface area (Å²) in [5, 5.41) is 14.3. The molecule has 2 aliphatic rings. The van der Waals surface area contributed by atoms with Crippen molar-refractivity contribution in [3.63, 3.8) is 0 Å². The van der Waals surface area contributed by atoms with E-state index in [9.17, 15) is 14.9 Å². The Labute approximate surface area is 160 Å². The molecule has 1 amide bonds. The number of ether oxygens (including phenoxy) is 1. The first kappa shape index (κ1) is 19.6. The molecule has 3 rings (SSSR count). The minimum absolute atomic E-state index is 0.00674. The molecular formula is C20H29N3O4. The molecule has 27 heavy (non-hydrogen) atoms. The van der Waals surface area contributed by atoms with E-state index in [4.69, 9.17) is 4.74 Å². The monoisotopic (exact) mass is 375 g/mol. The fourth-order valence-corrected chi connectivity index (χ4v) is 4.20. The summed E-state index contributed by atoms with van der Waals surface area (Å²) in [4.78, 5) is 25.5. The number of nitro benzene ring substituents is 1. The van der Waals surface area contributed by atoms with E-state index in [-0.39, 0.29) is 28.7 Å². The molecule has 0 radical (unpaired) electrons. The van der Waals surface area contributed by atoms with Gasteiger partial charge in [0, 0.05) is 37.9 Å². The maximum absolute atomic E-state index is 11.9. The number of carbonyl (C=O) groups excluding carboxylic acids is 1. The Bertz CT molecular complexity index is 680. The normalized spacial score (nSPS) is 25.2. The topological polar surface area (TPSA) is 84.7 Å². The summed E-state index contributed by atoms with van der Waals surface area (Å²) in [6.45, 7) is 3.69. The van der Waals surface area contributed by atoms with Gasteiger partial charge in [-0.15, -0.1) is 0 Å². The molecule has 1 aromatic rings. The molecule has 1 saturated heterocycles. The molecule has 1 heterocycles. The lowest BCUT2D eigenvalue weighted by Gasteiger charge is -2.38. The molecule has 7 heteroatoms. The number of hydrogen-bond acceptors (Lipinski definition) is 5. The highest BCUT2D eigenvalue weighted by atomic mass is 16.6. The standard InChI is InChI=1S/C20H29N3O4/c1-14-5-8-16(9-6-14)22(13-17-4-3-11-27-17)18-10-7-15(20(24)21-2)12-19(18)23(25)26/h7,10,12,14,16-17H,3-6,8-9,11,13H2,1-2H3,(H,21,24). The molecule has 1 aromatic carbocycles. The van der Waals surface area contributed by atoms with Gasteiger partial charge in [0.1, 0.15) is 5.69 Å². The Morgan fingerprint density at radius 1 is 1.30 bits per heavy atom. The average Bonchev–Trinajstić information content (AvgIpc) is 3.19. The van der Waals surface area contributed by atoms with Crippen LogP contribution in [-0.4, -0.2) is 43.2 Å². The zero-order chi connectivity index (χ0) is 19.4. The van der Waals surface area contributed by atoms with Crippen LogP contribution in [0, 0.1) is 16.0 Å². The van der Waals surface area contributed by atoms with Gasteiger partial charge in [0.15, 0.2) is 0 Å². The second kappa shape index (κ2) is 8.69. The highest BCUT2D eigenvalue weighted by Gasteiger charge is 2.32. The van der Waals surface area contributed by atoms with E-state index in [1.807, 2.05) is 0 Å². The number of hydrogen-bond donors (Lipinski definition) is 1. The summed E-state index contributed by atoms with van der Waals surface area (Å²) in [6, 6.07) is 5.07. The molecule has 1 aliphatic carbocycles. The van der Waals surface area contributed by atoms with Crippen LogP contribution in [0.4, 0.5) is 11.4 Å². The van der Waals surface area contributed by atoms with Gasteiger partial charge >= 0.3 is 0 Å². The lowest BCUT2D eigenvalue weighted by Crippen LogP contribution is -2.42. The minimum atomic E-state index is -0.379. The summed E-state index contributed by atoms with van der Waals surface area (Å²) >= 11 is 0. The van der Waals surface area contributed by atoms with Crippen LogP contribution in [-0.2, 0) is 4.74 Å². The molecule has 1 atom stereocenters. The van der Waals surface area contributed by atoms with E-state index in [1.165, 1.54) is 13.1 Å². The number of anilines is 1. The Hall–Kier alpha value is -2.15. The minimum Gasteiger partial charge on any atom is -0.376 e. The van der Waals surface area contributed by atoms with Gasteiger partial charge in [0.2, 0.25) is 0 Å². The quantitative estimate of drug-likeness (QED) is 0.607. The van der Waals surface area contributed by atoms with Crippen molar-refractivity contribution in [1.82, 2.24) is 5.32 Å². The van der Waals surface area contributed by atoms with Crippen LogP contribution >= 0.6 is 0 Å². The summed E-state index contributed by atoms with van der Waals surface area (Å²) < 4.78 is 5.82. The van der Waals surface area contributed by atoms with Gasteiger partial charge in [-0.3, -0.25) is 14.9 Å². The summed E-state index contributed by atoms with van der Waals surface area (Å²) in [5.41, 5.74) is 0.901. The van der Waals surface area contributed by atoms with Crippen molar-refractivity contribution in [2.45, 2.75) is 57.6 Å². The van der Waals surface area contributed by atoms with E-state index >= 15 is 0 Å². The highest BCUT2D eigenvalue weighted by molar-refractivity contribution is 5.95. The number of carbonyl (C=O) groups is 1. The fraction of sp³-hybridized carbons (Fsp3) is 0.650. The third-order valence-electron chi connectivity index (χ3n) is 5.82. The molecule has 1 aliphatic heterocycles. The van der Waals surface area contributed by atoms with Gasteiger partial charge < -0.3 is 15.0 Å². The Balaban J connectivity index is 1.94. The predicted octanol–water partition coefficient (Wildman–Crippen LogP) is 3.52. The van der Waals surface area contributed by atoms with Gasteiger partial charge in [-0.2, -0.15) is 0 Å². The second-order valence-electron chi connectivity index (χ2n) is 7.74. The molecule has 148 valence electrons. The Morgan fingerprint density at radius 3 is 2.63 bits per heavy atom. The molecule has 0 bridgehead atoms. The van der Waals surface area contributed by atoms with E-state index < -0.39 is 0 Å². The highest BCUT2D eigenvalue weighted by Crippen LogP contribution is 2.36. The van der Waals surface area contributed by atoms with Crippen molar-refractivity contribution in [3.05, 3.63) is 33.9 Å². The average molecular weight is 375 g/mol. The predicted molar refractivity (Wildman–Crippen MR) is 104 cm³/mol. The van der Waals surface area contributed by atoms with Crippen LogP contribution in [0.15, 0.2) is 18.2 Å². The molecule has 0 aromatic heterocycles. The van der Waals surface area contributed by atoms with Gasteiger partial charge in [-0.1, -0.05) is 6.92 Å². The third-order valence-corrected chi connectivity index (χ3v) is 5.82. The summed E-state index contributed by atoms with van der Waals surface area (Å²) in [7, 11) is 1.52. The molecule has 2 fully saturated rings. The Kier molecular flexibility index (Phi) is 6.31. The summed E-state index contributed by atoms with van der Waals surface area (Å²) in [6.07, 6.45) is 6.47. The van der Waals surface area contributed by atoms with Crippen molar-refractivity contribution in [1.29, 1.82) is 0 Å². The first-order valence-corrected chi connectivity index (χ1v) is 9.88. The van der Waals surface area contributed by atoms with Crippen LogP contribution in [0.1, 0.15) is 55.8 Å². The van der Waals surface area contributed by atoms with Gasteiger partial charge in [-0.05, 0) is 56.6 Å². The van der Waals surface area contributed by atoms with E-state index in [0.29, 0.717) is 23.7 Å². The molecule has 0 spiro atoms. The fourth-order valence-electron chi connectivity index (χ4n) is 4.20. The van der Waals surface area contributed by atoms with Crippen molar-refractivity contribution >= 4 is 17.3 Å².